The van der Waals surface area contributed by atoms with Gasteiger partial charge in [0.15, 0.2) is 11.5 Å². The lowest BCUT2D eigenvalue weighted by Gasteiger charge is -2.14. The summed E-state index contributed by atoms with van der Waals surface area (Å²) in [6.45, 7) is 0.250. The van der Waals surface area contributed by atoms with Crippen LogP contribution in [-0.2, 0) is 6.61 Å². The Morgan fingerprint density at radius 3 is 2.78 bits per heavy atom. The number of halogens is 3. The van der Waals surface area contributed by atoms with Crippen molar-refractivity contribution in [3.8, 4) is 11.5 Å². The first-order valence-corrected chi connectivity index (χ1v) is 9.05. The molecule has 1 heterocycles. The van der Waals surface area contributed by atoms with Gasteiger partial charge in [-0.1, -0.05) is 39.2 Å². The van der Waals surface area contributed by atoms with Crippen LogP contribution in [0, 0.1) is 0 Å². The second-order valence-corrected chi connectivity index (χ2v) is 6.93. The van der Waals surface area contributed by atoms with Gasteiger partial charge in [-0.15, -0.1) is 0 Å². The SMILES string of the molecule is COc1cc(/C=N/n2nnnc2N)cc(Br)c1OCc1ccc(Cl)cc1Cl. The molecule has 0 fully saturated rings. The van der Waals surface area contributed by atoms with E-state index in [9.17, 15) is 0 Å². The number of nitrogen functional groups attached to an aromatic ring is 1. The summed E-state index contributed by atoms with van der Waals surface area (Å²) in [4.78, 5) is 1.10. The minimum atomic E-state index is 0.0806. The molecule has 8 nitrogen and oxygen atoms in total. The fourth-order valence-corrected chi connectivity index (χ4v) is 3.17. The standard InChI is InChI=1S/C16H13BrCl2N6O2/c1-26-14-5-9(7-21-25-16(20)22-23-24-25)4-12(17)15(14)27-8-10-2-3-11(18)6-13(10)19/h2-7H,8H2,1H3,(H2,20,22,24)/b21-7+. The van der Waals surface area contributed by atoms with Crippen LogP contribution in [0.25, 0.3) is 0 Å². The zero-order chi connectivity index (χ0) is 19.4. The van der Waals surface area contributed by atoms with Gasteiger partial charge in [-0.2, -0.15) is 5.10 Å². The molecule has 0 aliphatic rings. The van der Waals surface area contributed by atoms with E-state index in [-0.39, 0.29) is 12.6 Å². The van der Waals surface area contributed by atoms with E-state index in [1.807, 2.05) is 12.1 Å². The van der Waals surface area contributed by atoms with Gasteiger partial charge >= 0.3 is 0 Å². The predicted molar refractivity (Wildman–Crippen MR) is 107 cm³/mol. The van der Waals surface area contributed by atoms with Crippen molar-refractivity contribution >= 4 is 51.3 Å². The molecule has 27 heavy (non-hydrogen) atoms. The van der Waals surface area contributed by atoms with Crippen LogP contribution < -0.4 is 15.2 Å². The summed E-state index contributed by atoms with van der Waals surface area (Å²) in [5.41, 5.74) is 7.10. The van der Waals surface area contributed by atoms with Crippen molar-refractivity contribution in [3.63, 3.8) is 0 Å². The third kappa shape index (κ3) is 4.68. The number of nitrogens with two attached hydrogens (primary N) is 1. The largest absolute Gasteiger partial charge is 0.493 e. The van der Waals surface area contributed by atoms with Gasteiger partial charge < -0.3 is 15.2 Å². The van der Waals surface area contributed by atoms with E-state index in [0.29, 0.717) is 26.0 Å². The number of ether oxygens (including phenoxy) is 2. The molecule has 0 amide bonds. The Hall–Kier alpha value is -2.36. The first-order chi connectivity index (χ1) is 13.0. The predicted octanol–water partition coefficient (Wildman–Crippen LogP) is 3.79. The van der Waals surface area contributed by atoms with E-state index >= 15 is 0 Å². The van der Waals surface area contributed by atoms with Gasteiger partial charge in [0.1, 0.15) is 6.61 Å². The van der Waals surface area contributed by atoms with Crippen LogP contribution in [0.5, 0.6) is 11.5 Å². The van der Waals surface area contributed by atoms with Crippen molar-refractivity contribution < 1.29 is 9.47 Å². The van der Waals surface area contributed by atoms with Gasteiger partial charge in [0.2, 0.25) is 0 Å². The first kappa shape index (κ1) is 19.4. The lowest BCUT2D eigenvalue weighted by molar-refractivity contribution is 0.282. The van der Waals surface area contributed by atoms with Gasteiger partial charge in [0.05, 0.1) is 17.8 Å². The fourth-order valence-electron chi connectivity index (χ4n) is 2.14. The fraction of sp³-hybridized carbons (Fsp3) is 0.125. The van der Waals surface area contributed by atoms with Crippen LogP contribution in [0.15, 0.2) is 39.9 Å². The van der Waals surface area contributed by atoms with E-state index in [0.717, 1.165) is 15.9 Å². The maximum atomic E-state index is 6.18. The van der Waals surface area contributed by atoms with Gasteiger partial charge in [0.25, 0.3) is 5.95 Å². The third-order valence-electron chi connectivity index (χ3n) is 3.43. The lowest BCUT2D eigenvalue weighted by atomic mass is 10.2. The first-order valence-electron chi connectivity index (χ1n) is 7.50. The molecule has 2 N–H and O–H groups in total. The Kier molecular flexibility index (Phi) is 6.15. The van der Waals surface area contributed by atoms with Gasteiger partial charge in [-0.3, -0.25) is 0 Å². The summed E-state index contributed by atoms with van der Waals surface area (Å²) < 4.78 is 12.0. The highest BCUT2D eigenvalue weighted by molar-refractivity contribution is 9.10. The number of nitrogens with zero attached hydrogens (tertiary/aromatic N) is 5. The molecule has 0 aliphatic heterocycles. The van der Waals surface area contributed by atoms with Crippen LogP contribution in [0.3, 0.4) is 0 Å². The van der Waals surface area contributed by atoms with Crippen molar-refractivity contribution in [3.05, 3.63) is 56.0 Å². The topological polar surface area (TPSA) is 100 Å². The Morgan fingerprint density at radius 2 is 2.11 bits per heavy atom. The summed E-state index contributed by atoms with van der Waals surface area (Å²) in [5, 5.41) is 15.8. The Bertz CT molecular complexity index is 995. The van der Waals surface area contributed by atoms with Crippen molar-refractivity contribution in [2.24, 2.45) is 5.10 Å². The molecule has 0 saturated carbocycles. The Balaban J connectivity index is 1.81. The highest BCUT2D eigenvalue weighted by atomic mass is 79.9. The minimum Gasteiger partial charge on any atom is -0.493 e. The molecule has 0 radical (unpaired) electrons. The number of aromatic nitrogens is 4. The van der Waals surface area contributed by atoms with Crippen molar-refractivity contribution in [2.75, 3.05) is 12.8 Å². The number of hydrogen-bond donors (Lipinski definition) is 1. The normalized spacial score (nSPS) is 11.1. The smallest absolute Gasteiger partial charge is 0.263 e. The van der Waals surface area contributed by atoms with E-state index in [4.69, 9.17) is 38.4 Å². The molecule has 0 saturated heterocycles. The Morgan fingerprint density at radius 1 is 1.30 bits per heavy atom. The zero-order valence-electron chi connectivity index (χ0n) is 13.9. The maximum Gasteiger partial charge on any atom is 0.263 e. The minimum absolute atomic E-state index is 0.0806. The third-order valence-corrected chi connectivity index (χ3v) is 4.61. The summed E-state index contributed by atoms with van der Waals surface area (Å²) in [6, 6.07) is 8.79. The summed E-state index contributed by atoms with van der Waals surface area (Å²) in [6.07, 6.45) is 1.54. The van der Waals surface area contributed by atoms with Crippen LogP contribution in [0.1, 0.15) is 11.1 Å². The monoisotopic (exact) mass is 470 g/mol. The van der Waals surface area contributed by atoms with Crippen LogP contribution >= 0.6 is 39.1 Å². The average Bonchev–Trinajstić information content (AvgIpc) is 3.05. The molecule has 140 valence electrons. The number of tetrazole rings is 1. The molecule has 0 unspecified atom stereocenters. The van der Waals surface area contributed by atoms with Crippen LogP contribution in [-0.4, -0.2) is 33.6 Å². The summed E-state index contributed by atoms with van der Waals surface area (Å²) >= 11 is 15.6. The number of benzene rings is 2. The molecular weight excluding hydrogens is 459 g/mol. The molecule has 2 aromatic carbocycles. The molecule has 3 aromatic rings. The summed E-state index contributed by atoms with van der Waals surface area (Å²) in [5.74, 6) is 1.13. The highest BCUT2D eigenvalue weighted by Gasteiger charge is 2.13. The maximum absolute atomic E-state index is 6.18. The number of methoxy groups -OCH3 is 1. The lowest BCUT2D eigenvalue weighted by Crippen LogP contribution is -2.01. The molecule has 1 aromatic heterocycles. The zero-order valence-corrected chi connectivity index (χ0v) is 17.0. The van der Waals surface area contributed by atoms with Gasteiger partial charge in [-0.05, 0) is 56.2 Å². The molecule has 11 heteroatoms. The van der Waals surface area contributed by atoms with E-state index < -0.39 is 0 Å². The van der Waals surface area contributed by atoms with Gasteiger partial charge in [-0.25, -0.2) is 0 Å². The molecule has 0 aliphatic carbocycles. The number of anilines is 1. The molecule has 0 bridgehead atoms. The molecule has 0 spiro atoms. The van der Waals surface area contributed by atoms with Crippen LogP contribution in [0.2, 0.25) is 10.0 Å². The second kappa shape index (κ2) is 8.55. The molecule has 3 rings (SSSR count). The Labute approximate surface area is 173 Å². The van der Waals surface area contributed by atoms with E-state index in [1.165, 1.54) is 0 Å². The number of hydrogen-bond acceptors (Lipinski definition) is 7. The molecule has 0 atom stereocenters. The molecular formula is C16H13BrCl2N6O2. The van der Waals surface area contributed by atoms with E-state index in [2.05, 4.69) is 36.6 Å². The quantitative estimate of drug-likeness (QED) is 0.549. The number of rotatable bonds is 6. The summed E-state index contributed by atoms with van der Waals surface area (Å²) in [7, 11) is 1.55. The van der Waals surface area contributed by atoms with Crippen molar-refractivity contribution in [2.45, 2.75) is 6.61 Å². The average molecular weight is 472 g/mol. The van der Waals surface area contributed by atoms with Crippen LogP contribution in [0.4, 0.5) is 5.95 Å². The second-order valence-electron chi connectivity index (χ2n) is 5.23. The van der Waals surface area contributed by atoms with Crippen molar-refractivity contribution in [1.29, 1.82) is 0 Å². The van der Waals surface area contributed by atoms with Crippen molar-refractivity contribution in [1.82, 2.24) is 20.3 Å². The van der Waals surface area contributed by atoms with E-state index in [1.54, 1.807) is 31.5 Å². The highest BCUT2D eigenvalue weighted by Crippen LogP contribution is 2.37. The van der Waals surface area contributed by atoms with Gasteiger partial charge in [0, 0.05) is 15.6 Å².